The van der Waals surface area contributed by atoms with E-state index in [2.05, 4.69) is 0 Å². The quantitative estimate of drug-likeness (QED) is 0.895. The summed E-state index contributed by atoms with van der Waals surface area (Å²) in [6.07, 6.45) is 1.77. The van der Waals surface area contributed by atoms with Crippen molar-refractivity contribution in [3.05, 3.63) is 35.4 Å². The Bertz CT molecular complexity index is 507. The van der Waals surface area contributed by atoms with Crippen molar-refractivity contribution in [3.63, 3.8) is 0 Å². The minimum atomic E-state index is -0.951. The number of nitrogens with zero attached hydrogens (tertiary/aromatic N) is 1. The molecule has 1 fully saturated rings. The van der Waals surface area contributed by atoms with Crippen molar-refractivity contribution in [2.24, 2.45) is 0 Å². The molecule has 0 aliphatic carbocycles. The summed E-state index contributed by atoms with van der Waals surface area (Å²) in [6, 6.07) is 7.97. The minimum absolute atomic E-state index is 0.0517. The smallest absolute Gasteiger partial charge is 0.329 e. The molecule has 5 nitrogen and oxygen atoms in total. The first-order chi connectivity index (χ1) is 10.0. The number of piperidine rings is 1. The maximum atomic E-state index is 12.2. The van der Waals surface area contributed by atoms with Gasteiger partial charge in [-0.2, -0.15) is 0 Å². The van der Waals surface area contributed by atoms with Crippen LogP contribution in [-0.2, 0) is 20.7 Å². The molecule has 5 heteroatoms. The molecular formula is C16H21NO4. The van der Waals surface area contributed by atoms with Gasteiger partial charge in [-0.15, -0.1) is 0 Å². The van der Waals surface area contributed by atoms with E-state index in [1.807, 2.05) is 36.1 Å². The number of benzene rings is 1. The van der Waals surface area contributed by atoms with Crippen LogP contribution in [0.2, 0.25) is 0 Å². The van der Waals surface area contributed by atoms with Gasteiger partial charge < -0.3 is 14.7 Å². The summed E-state index contributed by atoms with van der Waals surface area (Å²) in [7, 11) is 0. The summed E-state index contributed by atoms with van der Waals surface area (Å²) < 4.78 is 5.27. The third kappa shape index (κ3) is 4.86. The number of aliphatic carboxylic acids is 1. The number of amides is 1. The van der Waals surface area contributed by atoms with Crippen LogP contribution < -0.4 is 0 Å². The molecule has 1 saturated heterocycles. The van der Waals surface area contributed by atoms with Crippen molar-refractivity contribution in [2.75, 3.05) is 19.7 Å². The molecule has 1 N–H and O–H groups in total. The summed E-state index contributed by atoms with van der Waals surface area (Å²) in [5.74, 6) is -0.828. The molecule has 2 rings (SSSR count). The lowest BCUT2D eigenvalue weighted by molar-refractivity contribution is -0.146. The Kier molecular flexibility index (Phi) is 5.33. The van der Waals surface area contributed by atoms with Gasteiger partial charge in [-0.05, 0) is 25.3 Å². The minimum Gasteiger partial charge on any atom is -0.480 e. The van der Waals surface area contributed by atoms with Crippen LogP contribution in [0.3, 0.4) is 0 Å². The van der Waals surface area contributed by atoms with Crippen molar-refractivity contribution in [2.45, 2.75) is 32.3 Å². The van der Waals surface area contributed by atoms with Gasteiger partial charge in [0, 0.05) is 13.1 Å². The summed E-state index contributed by atoms with van der Waals surface area (Å²) in [5.41, 5.74) is 2.19. The Morgan fingerprint density at radius 1 is 1.33 bits per heavy atom. The number of hydrogen-bond acceptors (Lipinski definition) is 3. The van der Waals surface area contributed by atoms with Crippen LogP contribution in [0.4, 0.5) is 0 Å². The van der Waals surface area contributed by atoms with Crippen LogP contribution >= 0.6 is 0 Å². The summed E-state index contributed by atoms with van der Waals surface area (Å²) in [6.45, 7) is 3.02. The van der Waals surface area contributed by atoms with Gasteiger partial charge in [-0.3, -0.25) is 4.79 Å². The lowest BCUT2D eigenvalue weighted by Gasteiger charge is -2.31. The molecular weight excluding hydrogens is 270 g/mol. The normalized spacial score (nSPS) is 16.0. The predicted octanol–water partition coefficient (Wildman–Crippen LogP) is 1.63. The van der Waals surface area contributed by atoms with Crippen molar-refractivity contribution in [3.8, 4) is 0 Å². The number of hydrogen-bond donors (Lipinski definition) is 1. The lowest BCUT2D eigenvalue weighted by atomic mass is 10.0. The second-order valence-electron chi connectivity index (χ2n) is 5.45. The summed E-state index contributed by atoms with van der Waals surface area (Å²) in [5, 5.41) is 8.58. The fourth-order valence-electron chi connectivity index (χ4n) is 2.57. The number of carbonyl (C=O) groups is 2. The van der Waals surface area contributed by atoms with Gasteiger partial charge in [0.2, 0.25) is 5.91 Å². The van der Waals surface area contributed by atoms with Crippen molar-refractivity contribution in [1.29, 1.82) is 0 Å². The van der Waals surface area contributed by atoms with E-state index in [1.54, 1.807) is 0 Å². The Hall–Kier alpha value is -1.88. The highest BCUT2D eigenvalue weighted by Crippen LogP contribution is 2.15. The van der Waals surface area contributed by atoms with Crippen LogP contribution in [0.25, 0.3) is 0 Å². The standard InChI is InChI=1S/C16H21NO4/c1-12-3-2-4-13(9-12)10-15(18)17-7-5-14(6-8-17)21-11-16(19)20/h2-4,9,14H,5-8,10-11H2,1H3,(H,19,20). The van der Waals surface area contributed by atoms with Gasteiger partial charge in [0.1, 0.15) is 6.61 Å². The highest BCUT2D eigenvalue weighted by molar-refractivity contribution is 5.78. The number of aryl methyl sites for hydroxylation is 1. The first kappa shape index (κ1) is 15.5. The van der Waals surface area contributed by atoms with Gasteiger partial charge in [0.05, 0.1) is 12.5 Å². The molecule has 0 bridgehead atoms. The molecule has 21 heavy (non-hydrogen) atoms. The monoisotopic (exact) mass is 291 g/mol. The zero-order valence-electron chi connectivity index (χ0n) is 12.2. The van der Waals surface area contributed by atoms with Gasteiger partial charge in [0.15, 0.2) is 0 Å². The van der Waals surface area contributed by atoms with Crippen molar-refractivity contribution >= 4 is 11.9 Å². The molecule has 1 aliphatic rings. The fraction of sp³-hybridized carbons (Fsp3) is 0.500. The Balaban J connectivity index is 1.79. The third-order valence-corrected chi connectivity index (χ3v) is 3.68. The maximum absolute atomic E-state index is 12.2. The van der Waals surface area contributed by atoms with E-state index in [0.717, 1.165) is 11.1 Å². The Morgan fingerprint density at radius 2 is 2.05 bits per heavy atom. The molecule has 1 amide bonds. The Morgan fingerprint density at radius 3 is 2.67 bits per heavy atom. The predicted molar refractivity (Wildman–Crippen MR) is 78.1 cm³/mol. The first-order valence-electron chi connectivity index (χ1n) is 7.21. The molecule has 0 atom stereocenters. The molecule has 1 aromatic rings. The van der Waals surface area contributed by atoms with E-state index < -0.39 is 5.97 Å². The zero-order valence-corrected chi connectivity index (χ0v) is 12.2. The molecule has 0 spiro atoms. The highest BCUT2D eigenvalue weighted by atomic mass is 16.5. The zero-order chi connectivity index (χ0) is 15.2. The van der Waals surface area contributed by atoms with Crippen LogP contribution in [0.1, 0.15) is 24.0 Å². The van der Waals surface area contributed by atoms with Gasteiger partial charge in [-0.25, -0.2) is 4.79 Å². The topological polar surface area (TPSA) is 66.8 Å². The van der Waals surface area contributed by atoms with Crippen LogP contribution in [-0.4, -0.2) is 47.7 Å². The summed E-state index contributed by atoms with van der Waals surface area (Å²) >= 11 is 0. The average molecular weight is 291 g/mol. The molecule has 0 unspecified atom stereocenters. The maximum Gasteiger partial charge on any atom is 0.329 e. The number of carboxylic acids is 1. The molecule has 114 valence electrons. The third-order valence-electron chi connectivity index (χ3n) is 3.68. The van der Waals surface area contributed by atoms with E-state index in [1.165, 1.54) is 0 Å². The van der Waals surface area contributed by atoms with E-state index in [9.17, 15) is 9.59 Å². The largest absolute Gasteiger partial charge is 0.480 e. The number of carboxylic acid groups (broad SMARTS) is 1. The Labute approximate surface area is 124 Å². The highest BCUT2D eigenvalue weighted by Gasteiger charge is 2.23. The van der Waals surface area contributed by atoms with Crippen molar-refractivity contribution < 1.29 is 19.4 Å². The number of carbonyl (C=O) groups excluding carboxylic acids is 1. The number of rotatable bonds is 5. The lowest BCUT2D eigenvalue weighted by Crippen LogP contribution is -2.42. The first-order valence-corrected chi connectivity index (χ1v) is 7.21. The van der Waals surface area contributed by atoms with E-state index in [-0.39, 0.29) is 18.6 Å². The molecule has 0 radical (unpaired) electrons. The number of likely N-dealkylation sites (tertiary alicyclic amines) is 1. The van der Waals surface area contributed by atoms with Gasteiger partial charge >= 0.3 is 5.97 Å². The van der Waals surface area contributed by atoms with Gasteiger partial charge in [0.25, 0.3) is 0 Å². The van der Waals surface area contributed by atoms with E-state index in [4.69, 9.17) is 9.84 Å². The molecule has 1 heterocycles. The molecule has 1 aromatic carbocycles. The van der Waals surface area contributed by atoms with Crippen molar-refractivity contribution in [1.82, 2.24) is 4.90 Å². The average Bonchev–Trinajstić information content (AvgIpc) is 2.45. The van der Waals surface area contributed by atoms with Crippen LogP contribution in [0.15, 0.2) is 24.3 Å². The molecule has 1 aliphatic heterocycles. The second kappa shape index (κ2) is 7.22. The molecule has 0 aromatic heterocycles. The van der Waals surface area contributed by atoms with E-state index >= 15 is 0 Å². The SMILES string of the molecule is Cc1cccc(CC(=O)N2CCC(OCC(=O)O)CC2)c1. The van der Waals surface area contributed by atoms with Gasteiger partial charge in [-0.1, -0.05) is 29.8 Å². The fourth-order valence-corrected chi connectivity index (χ4v) is 2.57. The van der Waals surface area contributed by atoms with Crippen LogP contribution in [0.5, 0.6) is 0 Å². The molecule has 0 saturated carbocycles. The second-order valence-corrected chi connectivity index (χ2v) is 5.45. The number of ether oxygens (including phenoxy) is 1. The summed E-state index contributed by atoms with van der Waals surface area (Å²) in [4.78, 5) is 24.5. The van der Waals surface area contributed by atoms with E-state index in [0.29, 0.717) is 32.4 Å². The van der Waals surface area contributed by atoms with Crippen LogP contribution in [0, 0.1) is 6.92 Å².